The third kappa shape index (κ3) is 3.77. The maximum Gasteiger partial charge on any atom is 0.339 e. The highest BCUT2D eigenvalue weighted by atomic mass is 16.5. The Morgan fingerprint density at radius 2 is 1.54 bits per heavy atom. The molecule has 0 bridgehead atoms. The molecule has 2 rings (SSSR count). The normalized spacial score (nSPS) is 11.6. The van der Waals surface area contributed by atoms with Gasteiger partial charge in [0.2, 0.25) is 5.78 Å². The highest BCUT2D eigenvalue weighted by Crippen LogP contribution is 2.22. The minimum atomic E-state index is -0.791. The Labute approximate surface area is 151 Å². The fraction of sp³-hybridized carbons (Fsp3) is 0.316. The summed E-state index contributed by atoms with van der Waals surface area (Å²) in [5, 5.41) is 0. The van der Waals surface area contributed by atoms with Gasteiger partial charge in [-0.15, -0.1) is 0 Å². The second-order valence-corrected chi connectivity index (χ2v) is 5.76. The number of benzene rings is 1. The summed E-state index contributed by atoms with van der Waals surface area (Å²) in [7, 11) is 2.59. The van der Waals surface area contributed by atoms with Crippen molar-refractivity contribution in [1.29, 1.82) is 0 Å². The summed E-state index contributed by atoms with van der Waals surface area (Å²) in [6.07, 6.45) is -0.791. The van der Waals surface area contributed by atoms with E-state index < -0.39 is 18.0 Å². The standard InChI is InChI=1S/C19H21NO6/c1-10-15(19(23)25-5)11(2)20-16(10)17(21)12(3)26-14-8-6-13(7-9-14)18(22)24-4/h6-9,12,20H,1-5H3/t12-/m0/s1. The predicted octanol–water partition coefficient (Wildman–Crippen LogP) is 2.85. The van der Waals surface area contributed by atoms with E-state index in [1.807, 2.05) is 0 Å². The summed E-state index contributed by atoms with van der Waals surface area (Å²) < 4.78 is 15.0. The Bertz CT molecular complexity index is 834. The molecule has 26 heavy (non-hydrogen) atoms. The fourth-order valence-electron chi connectivity index (χ4n) is 2.65. The van der Waals surface area contributed by atoms with Gasteiger partial charge in [0.1, 0.15) is 5.75 Å². The molecule has 0 aliphatic carbocycles. The molecule has 1 aromatic carbocycles. The van der Waals surface area contributed by atoms with Gasteiger partial charge in [-0.1, -0.05) is 0 Å². The fourth-order valence-corrected chi connectivity index (χ4v) is 2.65. The summed E-state index contributed by atoms with van der Waals surface area (Å²) >= 11 is 0. The van der Waals surface area contributed by atoms with Gasteiger partial charge in [-0.05, 0) is 50.6 Å². The smallest absolute Gasteiger partial charge is 0.339 e. The van der Waals surface area contributed by atoms with Crippen molar-refractivity contribution >= 4 is 17.7 Å². The molecule has 1 atom stereocenters. The van der Waals surface area contributed by atoms with Crippen molar-refractivity contribution in [2.75, 3.05) is 14.2 Å². The van der Waals surface area contributed by atoms with Crippen LogP contribution in [0.25, 0.3) is 0 Å². The number of aromatic amines is 1. The van der Waals surface area contributed by atoms with Crippen LogP contribution in [-0.2, 0) is 9.47 Å². The molecule has 1 aromatic heterocycles. The maximum atomic E-state index is 12.7. The SMILES string of the molecule is COC(=O)c1ccc(O[C@@H](C)C(=O)c2[nH]c(C)c(C(=O)OC)c2C)cc1. The molecule has 1 N–H and O–H groups in total. The van der Waals surface area contributed by atoms with Gasteiger partial charge < -0.3 is 19.2 Å². The summed E-state index contributed by atoms with van der Waals surface area (Å²) in [4.78, 5) is 38.9. The summed E-state index contributed by atoms with van der Waals surface area (Å²) in [5.41, 5.74) is 2.13. The minimum absolute atomic E-state index is 0.294. The first-order chi connectivity index (χ1) is 12.3. The number of carbonyl (C=O) groups is 3. The van der Waals surface area contributed by atoms with Crippen molar-refractivity contribution < 1.29 is 28.6 Å². The molecule has 0 aliphatic rings. The molecular formula is C19H21NO6. The van der Waals surface area contributed by atoms with Crippen LogP contribution in [0.5, 0.6) is 5.75 Å². The van der Waals surface area contributed by atoms with Gasteiger partial charge in [0, 0.05) is 5.69 Å². The number of H-pyrrole nitrogens is 1. The van der Waals surface area contributed by atoms with Crippen LogP contribution in [0.15, 0.2) is 24.3 Å². The highest BCUT2D eigenvalue weighted by Gasteiger charge is 2.26. The number of esters is 2. The Morgan fingerprint density at radius 1 is 0.962 bits per heavy atom. The van der Waals surface area contributed by atoms with Gasteiger partial charge in [-0.2, -0.15) is 0 Å². The quantitative estimate of drug-likeness (QED) is 0.629. The van der Waals surface area contributed by atoms with E-state index >= 15 is 0 Å². The van der Waals surface area contributed by atoms with E-state index in [1.54, 1.807) is 45.0 Å². The first-order valence-corrected chi connectivity index (χ1v) is 7.96. The monoisotopic (exact) mass is 359 g/mol. The van der Waals surface area contributed by atoms with Gasteiger partial charge in [0.25, 0.3) is 0 Å². The number of methoxy groups -OCH3 is 2. The van der Waals surface area contributed by atoms with Crippen molar-refractivity contribution in [3.63, 3.8) is 0 Å². The van der Waals surface area contributed by atoms with Crippen molar-refractivity contribution in [3.8, 4) is 5.75 Å². The zero-order valence-electron chi connectivity index (χ0n) is 15.3. The number of aromatic nitrogens is 1. The van der Waals surface area contributed by atoms with Crippen molar-refractivity contribution in [1.82, 2.24) is 4.98 Å². The van der Waals surface area contributed by atoms with Crippen LogP contribution >= 0.6 is 0 Å². The molecule has 1 heterocycles. The lowest BCUT2D eigenvalue weighted by atomic mass is 10.1. The largest absolute Gasteiger partial charge is 0.483 e. The average molecular weight is 359 g/mol. The van der Waals surface area contributed by atoms with Gasteiger partial charge in [0.05, 0.1) is 31.0 Å². The van der Waals surface area contributed by atoms with Crippen LogP contribution in [0.3, 0.4) is 0 Å². The Balaban J connectivity index is 2.18. The molecule has 0 spiro atoms. The van der Waals surface area contributed by atoms with E-state index in [-0.39, 0.29) is 5.78 Å². The number of hydrogen-bond acceptors (Lipinski definition) is 6. The number of aryl methyl sites for hydroxylation is 1. The molecule has 0 radical (unpaired) electrons. The number of rotatable bonds is 6. The molecule has 0 fully saturated rings. The van der Waals surface area contributed by atoms with Crippen molar-refractivity contribution in [2.45, 2.75) is 26.9 Å². The lowest BCUT2D eigenvalue weighted by molar-refractivity contribution is 0.0590. The highest BCUT2D eigenvalue weighted by molar-refractivity contribution is 6.03. The lowest BCUT2D eigenvalue weighted by Crippen LogP contribution is -2.25. The van der Waals surface area contributed by atoms with Crippen molar-refractivity contribution in [2.24, 2.45) is 0 Å². The topological polar surface area (TPSA) is 94.7 Å². The van der Waals surface area contributed by atoms with Gasteiger partial charge in [0.15, 0.2) is 6.10 Å². The second-order valence-electron chi connectivity index (χ2n) is 5.76. The lowest BCUT2D eigenvalue weighted by Gasteiger charge is -2.14. The maximum absolute atomic E-state index is 12.7. The number of nitrogens with one attached hydrogen (secondary N) is 1. The number of ketones is 1. The summed E-state index contributed by atoms with van der Waals surface area (Å²) in [5.74, 6) is -0.804. The van der Waals surface area contributed by atoms with Crippen LogP contribution < -0.4 is 4.74 Å². The molecular weight excluding hydrogens is 338 g/mol. The molecule has 0 unspecified atom stereocenters. The Morgan fingerprint density at radius 3 is 2.08 bits per heavy atom. The van der Waals surface area contributed by atoms with E-state index in [1.165, 1.54) is 14.2 Å². The molecule has 0 aliphatic heterocycles. The van der Waals surface area contributed by atoms with E-state index in [0.29, 0.717) is 33.8 Å². The third-order valence-electron chi connectivity index (χ3n) is 4.03. The number of Topliss-reactive ketones (excluding diaryl/α,β-unsaturated/α-hetero) is 1. The Hall–Kier alpha value is -3.09. The molecule has 138 valence electrons. The van der Waals surface area contributed by atoms with Crippen molar-refractivity contribution in [3.05, 3.63) is 52.3 Å². The van der Waals surface area contributed by atoms with Crippen LogP contribution in [0.1, 0.15) is 49.4 Å². The third-order valence-corrected chi connectivity index (χ3v) is 4.03. The van der Waals surface area contributed by atoms with Crippen LogP contribution in [0, 0.1) is 13.8 Å². The number of ether oxygens (including phenoxy) is 3. The zero-order valence-corrected chi connectivity index (χ0v) is 15.3. The van der Waals surface area contributed by atoms with Crippen LogP contribution in [-0.4, -0.2) is 43.0 Å². The molecule has 7 nitrogen and oxygen atoms in total. The van der Waals surface area contributed by atoms with Crippen LogP contribution in [0.4, 0.5) is 0 Å². The zero-order chi connectivity index (χ0) is 19.4. The van der Waals surface area contributed by atoms with E-state index in [9.17, 15) is 14.4 Å². The number of hydrogen-bond donors (Lipinski definition) is 1. The molecule has 7 heteroatoms. The Kier molecular flexibility index (Phi) is 5.82. The molecule has 0 amide bonds. The van der Waals surface area contributed by atoms with Gasteiger partial charge in [-0.3, -0.25) is 4.79 Å². The molecule has 2 aromatic rings. The first kappa shape index (κ1) is 19.2. The van der Waals surface area contributed by atoms with Crippen LogP contribution in [0.2, 0.25) is 0 Å². The summed E-state index contributed by atoms with van der Waals surface area (Å²) in [6, 6.07) is 6.28. The average Bonchev–Trinajstić information content (AvgIpc) is 2.94. The van der Waals surface area contributed by atoms with E-state index in [2.05, 4.69) is 9.72 Å². The molecule has 0 saturated heterocycles. The second kappa shape index (κ2) is 7.86. The first-order valence-electron chi connectivity index (χ1n) is 7.96. The van der Waals surface area contributed by atoms with E-state index in [4.69, 9.17) is 9.47 Å². The van der Waals surface area contributed by atoms with E-state index in [0.717, 1.165) is 0 Å². The minimum Gasteiger partial charge on any atom is -0.483 e. The van der Waals surface area contributed by atoms with Gasteiger partial charge in [-0.25, -0.2) is 9.59 Å². The summed E-state index contributed by atoms with van der Waals surface area (Å²) in [6.45, 7) is 5.00. The van der Waals surface area contributed by atoms with Gasteiger partial charge >= 0.3 is 11.9 Å². The molecule has 0 saturated carbocycles. The predicted molar refractivity (Wildman–Crippen MR) is 93.8 cm³/mol. The number of carbonyl (C=O) groups excluding carboxylic acids is 3.